The summed E-state index contributed by atoms with van der Waals surface area (Å²) in [5.74, 6) is 0. The molecule has 0 atom stereocenters. The van der Waals surface area contributed by atoms with E-state index < -0.39 is 0 Å². The quantitative estimate of drug-likeness (QED) is 0.442. The SMILES string of the molecule is CCCC(C)=CC(=O)Cl. The Morgan fingerprint density at radius 3 is 2.56 bits per heavy atom. The van der Waals surface area contributed by atoms with Gasteiger partial charge in [-0.05, 0) is 31.0 Å². The summed E-state index contributed by atoms with van der Waals surface area (Å²) in [6, 6.07) is 0. The molecule has 0 heterocycles. The first-order chi connectivity index (χ1) is 4.16. The Balaban J connectivity index is 3.69. The van der Waals surface area contributed by atoms with Gasteiger partial charge < -0.3 is 0 Å². The second kappa shape index (κ2) is 4.57. The molecule has 0 rings (SSSR count). The van der Waals surface area contributed by atoms with Crippen LogP contribution in [0.25, 0.3) is 0 Å². The molecule has 0 amide bonds. The Kier molecular flexibility index (Phi) is 4.41. The van der Waals surface area contributed by atoms with E-state index in [9.17, 15) is 4.79 Å². The van der Waals surface area contributed by atoms with E-state index in [2.05, 4.69) is 6.92 Å². The van der Waals surface area contributed by atoms with Crippen LogP contribution in [0.1, 0.15) is 26.7 Å². The summed E-state index contributed by atoms with van der Waals surface area (Å²) in [5, 5.41) is -0.374. The molecular weight excluding hydrogens is 136 g/mol. The molecule has 0 saturated heterocycles. The molecule has 0 unspecified atom stereocenters. The number of rotatable bonds is 3. The molecule has 0 aliphatic heterocycles. The summed E-state index contributed by atoms with van der Waals surface area (Å²) in [7, 11) is 0. The number of allylic oxidation sites excluding steroid dienone is 2. The van der Waals surface area contributed by atoms with Crippen LogP contribution in [0.5, 0.6) is 0 Å². The molecule has 9 heavy (non-hydrogen) atoms. The lowest BCUT2D eigenvalue weighted by Gasteiger charge is -1.92. The van der Waals surface area contributed by atoms with Gasteiger partial charge in [0, 0.05) is 0 Å². The van der Waals surface area contributed by atoms with Crippen LogP contribution in [-0.4, -0.2) is 5.24 Å². The van der Waals surface area contributed by atoms with Crippen LogP contribution < -0.4 is 0 Å². The lowest BCUT2D eigenvalue weighted by Crippen LogP contribution is -1.81. The highest BCUT2D eigenvalue weighted by atomic mass is 35.5. The van der Waals surface area contributed by atoms with E-state index in [4.69, 9.17) is 11.6 Å². The largest absolute Gasteiger partial charge is 0.276 e. The highest BCUT2D eigenvalue weighted by molar-refractivity contribution is 6.66. The molecule has 0 radical (unpaired) electrons. The third kappa shape index (κ3) is 5.57. The number of carbonyl (C=O) groups excluding carboxylic acids is 1. The molecule has 52 valence electrons. The molecule has 0 saturated carbocycles. The fraction of sp³-hybridized carbons (Fsp3) is 0.571. The summed E-state index contributed by atoms with van der Waals surface area (Å²) >= 11 is 5.09. The second-order valence-corrected chi connectivity index (χ2v) is 2.42. The predicted octanol–water partition coefficient (Wildman–Crippen LogP) is 2.50. The summed E-state index contributed by atoms with van der Waals surface area (Å²) < 4.78 is 0. The highest BCUT2D eigenvalue weighted by Crippen LogP contribution is 2.03. The van der Waals surface area contributed by atoms with Crippen molar-refractivity contribution < 1.29 is 4.79 Å². The van der Waals surface area contributed by atoms with E-state index in [-0.39, 0.29) is 5.24 Å². The molecule has 0 fully saturated rings. The summed E-state index contributed by atoms with van der Waals surface area (Å²) in [4.78, 5) is 10.2. The Bertz CT molecular complexity index is 127. The van der Waals surface area contributed by atoms with E-state index >= 15 is 0 Å². The maximum Gasteiger partial charge on any atom is 0.245 e. The molecule has 0 aromatic heterocycles. The third-order valence-electron chi connectivity index (χ3n) is 1.00. The normalized spacial score (nSPS) is 11.7. The molecule has 0 aliphatic carbocycles. The molecular formula is C7H11ClO. The topological polar surface area (TPSA) is 17.1 Å². The Morgan fingerprint density at radius 1 is 1.67 bits per heavy atom. The van der Waals surface area contributed by atoms with Crippen molar-refractivity contribution in [3.63, 3.8) is 0 Å². The van der Waals surface area contributed by atoms with Crippen LogP contribution in [0, 0.1) is 0 Å². The van der Waals surface area contributed by atoms with E-state index in [1.165, 1.54) is 6.08 Å². The number of hydrogen-bond acceptors (Lipinski definition) is 1. The van der Waals surface area contributed by atoms with Crippen molar-refractivity contribution in [2.24, 2.45) is 0 Å². The van der Waals surface area contributed by atoms with Crippen LogP contribution in [0.4, 0.5) is 0 Å². The first-order valence-electron chi connectivity index (χ1n) is 3.03. The fourth-order valence-electron chi connectivity index (χ4n) is 0.660. The average Bonchev–Trinajstić information content (AvgIpc) is 1.63. The van der Waals surface area contributed by atoms with Gasteiger partial charge in [-0.3, -0.25) is 4.79 Å². The first kappa shape index (κ1) is 8.70. The minimum absolute atomic E-state index is 0.374. The molecule has 2 heteroatoms. The lowest BCUT2D eigenvalue weighted by atomic mass is 10.2. The van der Waals surface area contributed by atoms with Crippen LogP contribution in [0.3, 0.4) is 0 Å². The van der Waals surface area contributed by atoms with Crippen molar-refractivity contribution in [3.8, 4) is 0 Å². The number of hydrogen-bond donors (Lipinski definition) is 0. The summed E-state index contributed by atoms with van der Waals surface area (Å²) in [6.45, 7) is 3.97. The van der Waals surface area contributed by atoms with E-state index in [1.807, 2.05) is 6.92 Å². The van der Waals surface area contributed by atoms with E-state index in [0.717, 1.165) is 18.4 Å². The van der Waals surface area contributed by atoms with E-state index in [0.29, 0.717) is 0 Å². The predicted molar refractivity (Wildman–Crippen MR) is 39.5 cm³/mol. The molecule has 0 N–H and O–H groups in total. The molecule has 1 nitrogen and oxygen atoms in total. The van der Waals surface area contributed by atoms with Gasteiger partial charge in [-0.25, -0.2) is 0 Å². The van der Waals surface area contributed by atoms with Crippen molar-refractivity contribution in [1.29, 1.82) is 0 Å². The van der Waals surface area contributed by atoms with Gasteiger partial charge in [0.15, 0.2) is 0 Å². The van der Waals surface area contributed by atoms with Crippen molar-refractivity contribution >= 4 is 16.8 Å². The molecule has 0 aromatic carbocycles. The van der Waals surface area contributed by atoms with Crippen LogP contribution >= 0.6 is 11.6 Å². The minimum Gasteiger partial charge on any atom is -0.276 e. The maximum absolute atomic E-state index is 10.2. The second-order valence-electron chi connectivity index (χ2n) is 2.04. The van der Waals surface area contributed by atoms with Gasteiger partial charge in [-0.15, -0.1) is 0 Å². The van der Waals surface area contributed by atoms with Gasteiger partial charge in [-0.2, -0.15) is 0 Å². The number of halogens is 1. The Labute approximate surface area is 60.7 Å². The highest BCUT2D eigenvalue weighted by Gasteiger charge is 1.90. The zero-order valence-electron chi connectivity index (χ0n) is 5.78. The molecule has 0 aliphatic rings. The zero-order valence-corrected chi connectivity index (χ0v) is 6.53. The third-order valence-corrected chi connectivity index (χ3v) is 1.11. The van der Waals surface area contributed by atoms with Crippen molar-refractivity contribution in [2.45, 2.75) is 26.7 Å². The smallest absolute Gasteiger partial charge is 0.245 e. The van der Waals surface area contributed by atoms with Crippen molar-refractivity contribution in [2.75, 3.05) is 0 Å². The standard InChI is InChI=1S/C7H11ClO/c1-3-4-6(2)5-7(8)9/h5H,3-4H2,1-2H3. The summed E-state index contributed by atoms with van der Waals surface area (Å²) in [6.07, 6.45) is 3.48. The maximum atomic E-state index is 10.2. The fourth-order valence-corrected chi connectivity index (χ4v) is 0.846. The zero-order chi connectivity index (χ0) is 7.28. The van der Waals surface area contributed by atoms with Crippen LogP contribution in [0.15, 0.2) is 11.6 Å². The Hall–Kier alpha value is -0.300. The van der Waals surface area contributed by atoms with E-state index in [1.54, 1.807) is 0 Å². The van der Waals surface area contributed by atoms with Gasteiger partial charge in [-0.1, -0.05) is 18.9 Å². The monoisotopic (exact) mass is 146 g/mol. The molecule has 0 aromatic rings. The van der Waals surface area contributed by atoms with Gasteiger partial charge in [0.25, 0.3) is 0 Å². The average molecular weight is 147 g/mol. The van der Waals surface area contributed by atoms with Gasteiger partial charge in [0.1, 0.15) is 0 Å². The van der Waals surface area contributed by atoms with Gasteiger partial charge >= 0.3 is 0 Å². The van der Waals surface area contributed by atoms with Gasteiger partial charge in [0.05, 0.1) is 0 Å². The van der Waals surface area contributed by atoms with Crippen LogP contribution in [-0.2, 0) is 4.79 Å². The van der Waals surface area contributed by atoms with Crippen LogP contribution in [0.2, 0.25) is 0 Å². The molecule has 0 bridgehead atoms. The first-order valence-corrected chi connectivity index (χ1v) is 3.41. The van der Waals surface area contributed by atoms with Crippen molar-refractivity contribution in [3.05, 3.63) is 11.6 Å². The minimum atomic E-state index is -0.374. The number of carbonyl (C=O) groups is 1. The lowest BCUT2D eigenvalue weighted by molar-refractivity contribution is -0.107. The Morgan fingerprint density at radius 2 is 2.22 bits per heavy atom. The van der Waals surface area contributed by atoms with Crippen molar-refractivity contribution in [1.82, 2.24) is 0 Å². The molecule has 0 spiro atoms. The summed E-state index contributed by atoms with van der Waals surface area (Å²) in [5.41, 5.74) is 1.05. The van der Waals surface area contributed by atoms with Gasteiger partial charge in [0.2, 0.25) is 5.24 Å².